The Morgan fingerprint density at radius 3 is 1.21 bits per heavy atom. The van der Waals surface area contributed by atoms with Crippen LogP contribution < -0.4 is 37.9 Å². The lowest BCUT2D eigenvalue weighted by molar-refractivity contribution is 0.324. The molecule has 0 aliphatic carbocycles. The SMILES string of the molecule is COc1cccc(CC[C@H](Cc2ccc(CCc3cc(OC)c(OC)c(OC)c3)cc2)[C@@H](Cc2ccc(CCc3cc(OC)c(OC)c(OC)c3)cc2)c2cccc(OC)c2)c1. The molecule has 0 aromatic heterocycles. The summed E-state index contributed by atoms with van der Waals surface area (Å²) in [4.78, 5) is 0. The van der Waals surface area contributed by atoms with Crippen LogP contribution in [-0.4, -0.2) is 56.9 Å². The topological polar surface area (TPSA) is 73.8 Å². The van der Waals surface area contributed by atoms with Crippen molar-refractivity contribution >= 4 is 0 Å². The molecule has 0 fully saturated rings. The van der Waals surface area contributed by atoms with Gasteiger partial charge in [-0.1, -0.05) is 72.8 Å². The predicted molar refractivity (Wildman–Crippen MR) is 248 cm³/mol. The third-order valence-corrected chi connectivity index (χ3v) is 11.9. The molecule has 0 bridgehead atoms. The van der Waals surface area contributed by atoms with E-state index in [9.17, 15) is 0 Å². The van der Waals surface area contributed by atoms with Crippen molar-refractivity contribution in [2.75, 3.05) is 56.9 Å². The zero-order chi connectivity index (χ0) is 43.8. The van der Waals surface area contributed by atoms with Crippen LogP contribution >= 0.6 is 0 Å². The second kappa shape index (κ2) is 22.5. The molecule has 0 aliphatic heterocycles. The van der Waals surface area contributed by atoms with Crippen LogP contribution in [0.4, 0.5) is 0 Å². The predicted octanol–water partition coefficient (Wildman–Crippen LogP) is 11.1. The Kier molecular flexibility index (Phi) is 16.4. The second-order valence-corrected chi connectivity index (χ2v) is 15.6. The molecule has 8 heteroatoms. The maximum atomic E-state index is 5.78. The summed E-state index contributed by atoms with van der Waals surface area (Å²) < 4.78 is 44.9. The highest BCUT2D eigenvalue weighted by atomic mass is 16.5. The number of rotatable bonds is 23. The molecule has 326 valence electrons. The minimum atomic E-state index is 0.237. The summed E-state index contributed by atoms with van der Waals surface area (Å²) in [7, 11) is 13.3. The molecule has 0 saturated heterocycles. The van der Waals surface area contributed by atoms with E-state index in [4.69, 9.17) is 37.9 Å². The maximum absolute atomic E-state index is 5.78. The first kappa shape index (κ1) is 45.3. The van der Waals surface area contributed by atoms with E-state index in [-0.39, 0.29) is 5.92 Å². The van der Waals surface area contributed by atoms with Gasteiger partial charge >= 0.3 is 0 Å². The van der Waals surface area contributed by atoms with E-state index in [1.54, 1.807) is 56.9 Å². The number of hydrogen-bond acceptors (Lipinski definition) is 8. The van der Waals surface area contributed by atoms with Gasteiger partial charge in [-0.3, -0.25) is 0 Å². The van der Waals surface area contributed by atoms with Crippen molar-refractivity contribution in [1.82, 2.24) is 0 Å². The van der Waals surface area contributed by atoms with Crippen LogP contribution in [0.2, 0.25) is 0 Å². The first-order chi connectivity index (χ1) is 30.3. The molecule has 0 radical (unpaired) electrons. The van der Waals surface area contributed by atoms with Gasteiger partial charge in [-0.25, -0.2) is 0 Å². The molecule has 0 N–H and O–H groups in total. The summed E-state index contributed by atoms with van der Waals surface area (Å²) in [5.74, 6) is 6.23. The number of ether oxygens (including phenoxy) is 8. The first-order valence-electron chi connectivity index (χ1n) is 21.3. The second-order valence-electron chi connectivity index (χ2n) is 15.6. The molecule has 2 atom stereocenters. The van der Waals surface area contributed by atoms with Crippen LogP contribution in [0.5, 0.6) is 46.0 Å². The molecule has 62 heavy (non-hydrogen) atoms. The molecule has 0 heterocycles. The molecule has 0 saturated carbocycles. The number of methoxy groups -OCH3 is 8. The summed E-state index contributed by atoms with van der Waals surface area (Å²) in [5, 5.41) is 0. The Balaban J connectivity index is 1.24. The van der Waals surface area contributed by atoms with E-state index in [0.29, 0.717) is 40.4 Å². The van der Waals surface area contributed by atoms with Gasteiger partial charge < -0.3 is 37.9 Å². The smallest absolute Gasteiger partial charge is 0.203 e. The van der Waals surface area contributed by atoms with Gasteiger partial charge in [-0.15, -0.1) is 0 Å². The van der Waals surface area contributed by atoms with Gasteiger partial charge in [0.15, 0.2) is 23.0 Å². The van der Waals surface area contributed by atoms with Crippen LogP contribution in [-0.2, 0) is 44.9 Å². The lowest BCUT2D eigenvalue weighted by Gasteiger charge is -2.29. The Labute approximate surface area is 368 Å². The van der Waals surface area contributed by atoms with Crippen molar-refractivity contribution in [3.63, 3.8) is 0 Å². The van der Waals surface area contributed by atoms with Crippen molar-refractivity contribution in [1.29, 1.82) is 0 Å². The Morgan fingerprint density at radius 2 is 0.758 bits per heavy atom. The van der Waals surface area contributed by atoms with E-state index in [1.807, 2.05) is 36.4 Å². The molecule has 6 rings (SSSR count). The van der Waals surface area contributed by atoms with E-state index in [1.165, 1.54) is 33.4 Å². The fourth-order valence-electron chi connectivity index (χ4n) is 8.43. The summed E-state index contributed by atoms with van der Waals surface area (Å²) in [6, 6.07) is 43.6. The van der Waals surface area contributed by atoms with Crippen LogP contribution in [0.1, 0.15) is 56.8 Å². The third kappa shape index (κ3) is 11.8. The van der Waals surface area contributed by atoms with Crippen molar-refractivity contribution in [2.24, 2.45) is 5.92 Å². The van der Waals surface area contributed by atoms with E-state index in [2.05, 4.69) is 84.9 Å². The van der Waals surface area contributed by atoms with Gasteiger partial charge in [0.1, 0.15) is 11.5 Å². The van der Waals surface area contributed by atoms with Crippen molar-refractivity contribution in [2.45, 2.75) is 57.3 Å². The highest BCUT2D eigenvalue weighted by Crippen LogP contribution is 2.40. The van der Waals surface area contributed by atoms with Crippen LogP contribution in [0.3, 0.4) is 0 Å². The molecule has 0 spiro atoms. The fraction of sp³-hybridized carbons (Fsp3) is 0.333. The van der Waals surface area contributed by atoms with Crippen LogP contribution in [0.25, 0.3) is 0 Å². The summed E-state index contributed by atoms with van der Waals surface area (Å²) in [6.07, 6.45) is 7.25. The quantitative estimate of drug-likeness (QED) is 0.0632. The van der Waals surface area contributed by atoms with Gasteiger partial charge in [0, 0.05) is 0 Å². The molecule has 0 amide bonds. The molecule has 6 aromatic carbocycles. The average Bonchev–Trinajstić information content (AvgIpc) is 3.33. The van der Waals surface area contributed by atoms with E-state index < -0.39 is 0 Å². The fourth-order valence-corrected chi connectivity index (χ4v) is 8.43. The Morgan fingerprint density at radius 1 is 0.339 bits per heavy atom. The highest BCUT2D eigenvalue weighted by Gasteiger charge is 2.25. The van der Waals surface area contributed by atoms with Crippen LogP contribution in [0, 0.1) is 5.92 Å². The van der Waals surface area contributed by atoms with Gasteiger partial charge in [0.2, 0.25) is 11.5 Å². The first-order valence-corrected chi connectivity index (χ1v) is 21.3. The van der Waals surface area contributed by atoms with Crippen molar-refractivity contribution < 1.29 is 37.9 Å². The normalized spacial score (nSPS) is 11.9. The standard InChI is InChI=1S/C54H62O8/c1-55-46-13-9-11-39(30-46)27-28-45(29-40-21-15-37(16-22-40)19-25-42-32-49(57-3)53(61-7)50(33-42)58-4)48(44-12-10-14-47(36-44)56-2)31-41-23-17-38(18-24-41)20-26-43-34-51(59-5)54(62-8)52(35-43)60-6/h9-18,21-24,30,32-36,45,48H,19-20,25-29,31H2,1-8H3/t45-,48+/m1/s1. The van der Waals surface area contributed by atoms with E-state index in [0.717, 1.165) is 74.0 Å². The number of benzene rings is 6. The highest BCUT2D eigenvalue weighted by molar-refractivity contribution is 5.55. The van der Waals surface area contributed by atoms with E-state index >= 15 is 0 Å². The average molecular weight is 839 g/mol. The van der Waals surface area contributed by atoms with Gasteiger partial charge in [-0.05, 0) is 156 Å². The summed E-state index contributed by atoms with van der Waals surface area (Å²) in [5.41, 5.74) is 10.0. The monoisotopic (exact) mass is 838 g/mol. The number of hydrogen-bond donors (Lipinski definition) is 0. The molecule has 6 aromatic rings. The van der Waals surface area contributed by atoms with Crippen molar-refractivity contribution in [3.05, 3.63) is 166 Å². The molecular weight excluding hydrogens is 777 g/mol. The van der Waals surface area contributed by atoms with Gasteiger partial charge in [-0.2, -0.15) is 0 Å². The minimum absolute atomic E-state index is 0.237. The largest absolute Gasteiger partial charge is 0.497 e. The van der Waals surface area contributed by atoms with Crippen LogP contribution in [0.15, 0.2) is 121 Å². The van der Waals surface area contributed by atoms with Crippen molar-refractivity contribution in [3.8, 4) is 46.0 Å². The zero-order valence-electron chi connectivity index (χ0n) is 37.6. The lowest BCUT2D eigenvalue weighted by Crippen LogP contribution is -2.19. The minimum Gasteiger partial charge on any atom is -0.497 e. The van der Waals surface area contributed by atoms with Gasteiger partial charge in [0.05, 0.1) is 56.9 Å². The third-order valence-electron chi connectivity index (χ3n) is 11.9. The number of aryl methyl sites for hydroxylation is 5. The molecule has 8 nitrogen and oxygen atoms in total. The summed E-state index contributed by atoms with van der Waals surface area (Å²) in [6.45, 7) is 0. The lowest BCUT2D eigenvalue weighted by atomic mass is 9.75. The molecule has 0 unspecified atom stereocenters. The summed E-state index contributed by atoms with van der Waals surface area (Å²) >= 11 is 0. The maximum Gasteiger partial charge on any atom is 0.203 e. The van der Waals surface area contributed by atoms with Gasteiger partial charge in [0.25, 0.3) is 0 Å². The molecule has 0 aliphatic rings. The molecular formula is C54H62O8. The zero-order valence-corrected chi connectivity index (χ0v) is 37.6. The Bertz CT molecular complexity index is 2270. The Hall–Kier alpha value is -6.28.